The summed E-state index contributed by atoms with van der Waals surface area (Å²) in [6.45, 7) is 1.43. The molecule has 1 aliphatic rings. The van der Waals surface area contributed by atoms with Crippen LogP contribution in [0.5, 0.6) is 0 Å². The lowest BCUT2D eigenvalue weighted by atomic mass is 10.1. The molecule has 2 amide bonds. The Kier molecular flexibility index (Phi) is 6.06. The molecule has 2 aromatic rings. The molecular formula is C21H21N3O3. The van der Waals surface area contributed by atoms with Crippen LogP contribution in [0.2, 0.25) is 0 Å². The number of hydrogen-bond donors (Lipinski definition) is 0. The maximum absolute atomic E-state index is 12.5. The molecule has 0 aliphatic carbocycles. The number of hydrogen-bond acceptors (Lipinski definition) is 4. The van der Waals surface area contributed by atoms with E-state index in [4.69, 9.17) is 9.68 Å². The minimum absolute atomic E-state index is 0.152. The molecule has 6 heteroatoms. The second-order valence-electron chi connectivity index (χ2n) is 6.32. The molecule has 1 fully saturated rings. The molecule has 0 N–H and O–H groups in total. The predicted octanol–water partition coefficient (Wildman–Crippen LogP) is 3.36. The van der Waals surface area contributed by atoms with Gasteiger partial charge in [0.15, 0.2) is 0 Å². The summed E-state index contributed by atoms with van der Waals surface area (Å²) < 4.78 is 5.29. The fourth-order valence-electron chi connectivity index (χ4n) is 3.00. The molecule has 0 spiro atoms. The summed E-state index contributed by atoms with van der Waals surface area (Å²) in [7, 11) is 0. The van der Waals surface area contributed by atoms with Crippen molar-refractivity contribution in [3.05, 3.63) is 60.1 Å². The molecule has 27 heavy (non-hydrogen) atoms. The van der Waals surface area contributed by atoms with Crippen molar-refractivity contribution in [2.24, 2.45) is 0 Å². The number of rotatable bonds is 7. The highest BCUT2D eigenvalue weighted by Crippen LogP contribution is 2.22. The average molecular weight is 363 g/mol. The zero-order valence-corrected chi connectivity index (χ0v) is 15.0. The van der Waals surface area contributed by atoms with Crippen molar-refractivity contribution >= 4 is 23.6 Å². The number of benzene rings is 1. The lowest BCUT2D eigenvalue weighted by molar-refractivity contribution is -0.126. The number of nitrogens with zero attached hydrogens (tertiary/aromatic N) is 3. The van der Waals surface area contributed by atoms with E-state index in [9.17, 15) is 9.59 Å². The lowest BCUT2D eigenvalue weighted by Gasteiger charge is -2.18. The van der Waals surface area contributed by atoms with Crippen molar-refractivity contribution in [3.63, 3.8) is 0 Å². The molecule has 0 radical (unpaired) electrons. The van der Waals surface area contributed by atoms with E-state index >= 15 is 0 Å². The predicted molar refractivity (Wildman–Crippen MR) is 101 cm³/mol. The van der Waals surface area contributed by atoms with Crippen molar-refractivity contribution in [1.29, 1.82) is 5.26 Å². The van der Waals surface area contributed by atoms with Crippen molar-refractivity contribution in [3.8, 4) is 6.07 Å². The largest absolute Gasteiger partial charge is 0.467 e. The Balaban J connectivity index is 1.64. The van der Waals surface area contributed by atoms with Crippen LogP contribution in [0.4, 0.5) is 5.69 Å². The Morgan fingerprint density at radius 2 is 2.11 bits per heavy atom. The van der Waals surface area contributed by atoms with E-state index < -0.39 is 0 Å². The van der Waals surface area contributed by atoms with Crippen molar-refractivity contribution in [2.45, 2.75) is 25.8 Å². The third kappa shape index (κ3) is 4.85. The summed E-state index contributed by atoms with van der Waals surface area (Å²) in [4.78, 5) is 27.7. The van der Waals surface area contributed by atoms with Gasteiger partial charge in [-0.2, -0.15) is 5.26 Å². The molecule has 2 heterocycles. The average Bonchev–Trinajstić information content (AvgIpc) is 3.35. The van der Waals surface area contributed by atoms with Crippen molar-refractivity contribution in [2.75, 3.05) is 18.0 Å². The van der Waals surface area contributed by atoms with E-state index in [1.807, 2.05) is 24.3 Å². The van der Waals surface area contributed by atoms with Crippen LogP contribution in [-0.2, 0) is 16.1 Å². The fourth-order valence-corrected chi connectivity index (χ4v) is 3.00. The van der Waals surface area contributed by atoms with E-state index in [2.05, 4.69) is 6.07 Å². The Hall–Kier alpha value is -3.33. The van der Waals surface area contributed by atoms with Crippen LogP contribution in [-0.4, -0.2) is 29.8 Å². The van der Waals surface area contributed by atoms with Crippen LogP contribution in [0.1, 0.15) is 30.6 Å². The molecule has 1 aliphatic heterocycles. The molecule has 0 bridgehead atoms. The first-order valence-electron chi connectivity index (χ1n) is 8.94. The molecule has 6 nitrogen and oxygen atoms in total. The van der Waals surface area contributed by atoms with Gasteiger partial charge in [-0.3, -0.25) is 9.59 Å². The molecule has 0 saturated carbocycles. The topological polar surface area (TPSA) is 77.6 Å². The molecule has 1 aromatic heterocycles. The van der Waals surface area contributed by atoms with Gasteiger partial charge < -0.3 is 14.2 Å². The summed E-state index contributed by atoms with van der Waals surface area (Å²) in [6.07, 6.45) is 6.55. The molecule has 0 atom stereocenters. The van der Waals surface area contributed by atoms with Gasteiger partial charge in [0.2, 0.25) is 11.8 Å². The molecule has 3 rings (SSSR count). The van der Waals surface area contributed by atoms with Crippen LogP contribution in [0.15, 0.2) is 53.2 Å². The molecule has 1 aromatic carbocycles. The zero-order chi connectivity index (χ0) is 19.1. The van der Waals surface area contributed by atoms with Crippen LogP contribution in [0.25, 0.3) is 6.08 Å². The summed E-state index contributed by atoms with van der Waals surface area (Å²) in [6, 6.07) is 13.2. The van der Waals surface area contributed by atoms with E-state index in [0.717, 1.165) is 24.2 Å². The Bertz CT molecular complexity index is 848. The number of carbonyl (C=O) groups excluding carboxylic acids is 2. The third-order valence-electron chi connectivity index (χ3n) is 4.43. The standard InChI is InChI=1S/C21H21N3O3/c22-12-3-13-23(16-19-4-2-15-27-19)20(25)11-8-17-6-9-18(10-7-17)24-14-1-5-21(24)26/h2,4,6-11,15H,1,3,5,13-14,16H2. The normalized spacial score (nSPS) is 13.9. The number of carbonyl (C=O) groups is 2. The quantitative estimate of drug-likeness (QED) is 0.707. The highest BCUT2D eigenvalue weighted by molar-refractivity contribution is 5.95. The number of nitriles is 1. The first kappa shape index (κ1) is 18.5. The van der Waals surface area contributed by atoms with Crippen molar-refractivity contribution < 1.29 is 14.0 Å². The minimum Gasteiger partial charge on any atom is -0.467 e. The van der Waals surface area contributed by atoms with Crippen molar-refractivity contribution in [1.82, 2.24) is 4.90 Å². The summed E-state index contributed by atoms with van der Waals surface area (Å²) in [5.41, 5.74) is 1.76. The smallest absolute Gasteiger partial charge is 0.247 e. The lowest BCUT2D eigenvalue weighted by Crippen LogP contribution is -2.29. The maximum Gasteiger partial charge on any atom is 0.247 e. The minimum atomic E-state index is -0.180. The SMILES string of the molecule is N#CCCN(Cc1ccco1)C(=O)C=Cc1ccc(N2CCCC2=O)cc1. The van der Waals surface area contributed by atoms with E-state index in [1.54, 1.807) is 34.3 Å². The molecule has 0 unspecified atom stereocenters. The Labute approximate surface area is 158 Å². The molecular weight excluding hydrogens is 342 g/mol. The van der Waals surface area contributed by atoms with Gasteiger partial charge in [-0.05, 0) is 42.3 Å². The summed E-state index contributed by atoms with van der Waals surface area (Å²) >= 11 is 0. The fraction of sp³-hybridized carbons (Fsp3) is 0.286. The van der Waals surface area contributed by atoms with Gasteiger partial charge in [-0.25, -0.2) is 0 Å². The van der Waals surface area contributed by atoms with E-state index in [0.29, 0.717) is 25.3 Å². The number of furan rings is 1. The van der Waals surface area contributed by atoms with Gasteiger partial charge in [0, 0.05) is 31.3 Å². The Morgan fingerprint density at radius 1 is 1.30 bits per heavy atom. The first-order chi connectivity index (χ1) is 13.2. The van der Waals surface area contributed by atoms with E-state index in [-0.39, 0.29) is 18.2 Å². The highest BCUT2D eigenvalue weighted by atomic mass is 16.3. The van der Waals surface area contributed by atoms with E-state index in [1.165, 1.54) is 6.08 Å². The third-order valence-corrected chi connectivity index (χ3v) is 4.43. The van der Waals surface area contributed by atoms with Gasteiger partial charge in [-0.15, -0.1) is 0 Å². The van der Waals surface area contributed by atoms with Crippen LogP contribution >= 0.6 is 0 Å². The molecule has 138 valence electrons. The van der Waals surface area contributed by atoms with Gasteiger partial charge >= 0.3 is 0 Å². The summed E-state index contributed by atoms with van der Waals surface area (Å²) in [5, 5.41) is 8.81. The molecule has 1 saturated heterocycles. The second-order valence-corrected chi connectivity index (χ2v) is 6.32. The van der Waals surface area contributed by atoms with Gasteiger partial charge in [0.1, 0.15) is 5.76 Å². The van der Waals surface area contributed by atoms with Crippen LogP contribution < -0.4 is 4.90 Å². The van der Waals surface area contributed by atoms with Gasteiger partial charge in [0.25, 0.3) is 0 Å². The summed E-state index contributed by atoms with van der Waals surface area (Å²) in [5.74, 6) is 0.648. The monoisotopic (exact) mass is 363 g/mol. The number of anilines is 1. The zero-order valence-electron chi connectivity index (χ0n) is 15.0. The van der Waals surface area contributed by atoms with Gasteiger partial charge in [-0.1, -0.05) is 12.1 Å². The maximum atomic E-state index is 12.5. The van der Waals surface area contributed by atoms with Crippen LogP contribution in [0.3, 0.4) is 0 Å². The Morgan fingerprint density at radius 3 is 2.74 bits per heavy atom. The van der Waals surface area contributed by atoms with Crippen LogP contribution in [0, 0.1) is 11.3 Å². The van der Waals surface area contributed by atoms with Gasteiger partial charge in [0.05, 0.1) is 25.3 Å². The highest BCUT2D eigenvalue weighted by Gasteiger charge is 2.21. The first-order valence-corrected chi connectivity index (χ1v) is 8.94. The number of amides is 2. The second kappa shape index (κ2) is 8.86.